The first-order valence-electron chi connectivity index (χ1n) is 0.632. The zero-order chi connectivity index (χ0) is 4.50. The summed E-state index contributed by atoms with van der Waals surface area (Å²) in [5, 5.41) is 0. The Labute approximate surface area is 63.3 Å². The van der Waals surface area contributed by atoms with Crippen molar-refractivity contribution in [2.75, 3.05) is 0 Å². The normalized spacial score (nSPS) is 6.67. The minimum atomic E-state index is -4.69. The molecule has 0 aromatic carbocycles. The van der Waals surface area contributed by atoms with Crippen LogP contribution in [-0.2, 0) is 0 Å². The average molecular weight is 178 g/mol. The molecule has 0 unspecified atom stereocenters. The van der Waals surface area contributed by atoms with E-state index in [2.05, 4.69) is 0 Å². The minimum Gasteiger partial charge on any atom is -0.870 e. The van der Waals surface area contributed by atoms with Gasteiger partial charge in [-0.15, -0.1) is 0 Å². The van der Waals surface area contributed by atoms with E-state index in [1.807, 2.05) is 0 Å². The third-order valence-electron chi connectivity index (χ3n) is 0. The Balaban J connectivity index is -0.0000000133. The van der Waals surface area contributed by atoms with Gasteiger partial charge in [0, 0.05) is 0 Å². The Hall–Kier alpha value is 0.542. The smallest absolute Gasteiger partial charge is 0.870 e. The third kappa shape index (κ3) is 1240. The summed E-state index contributed by atoms with van der Waals surface area (Å²) in [6.45, 7) is 0. The summed E-state index contributed by atoms with van der Waals surface area (Å²) in [5.74, 6) is 0. The van der Waals surface area contributed by atoms with Crippen molar-refractivity contribution in [1.82, 2.24) is 0 Å². The fourth-order valence-corrected chi connectivity index (χ4v) is 0. The van der Waals surface area contributed by atoms with Crippen molar-refractivity contribution >= 4 is 17.4 Å². The van der Waals surface area contributed by atoms with Gasteiger partial charge in [-0.3, -0.25) is 0 Å². The molecule has 0 atom stereocenters. The van der Waals surface area contributed by atoms with E-state index in [1.54, 1.807) is 0 Å². The molecule has 9 heavy (non-hydrogen) atoms. The van der Waals surface area contributed by atoms with Crippen LogP contribution in [0.25, 0.3) is 0 Å². The summed E-state index contributed by atoms with van der Waals surface area (Å²) in [5.41, 5.74) is 0. The molecule has 9 heteroatoms. The summed E-state index contributed by atoms with van der Waals surface area (Å²) in [4.78, 5) is 0. The molecule has 4 N–H and O–H groups in total. The van der Waals surface area contributed by atoms with Crippen LogP contribution in [0.2, 0.25) is 0 Å². The van der Waals surface area contributed by atoms with Gasteiger partial charge in [0.05, 0.1) is 14.9 Å². The molecule has 0 saturated carbocycles. The number of hydrogen-bond donors (Lipinski definition) is 1. The third-order valence-corrected chi connectivity index (χ3v) is 0. The van der Waals surface area contributed by atoms with E-state index in [0.717, 1.165) is 0 Å². The molecule has 0 saturated heterocycles. The van der Waals surface area contributed by atoms with E-state index in [9.17, 15) is 0 Å². The first-order chi connectivity index (χ1) is 2.00. The van der Waals surface area contributed by atoms with Crippen LogP contribution in [0, 0.1) is 10.2 Å². The van der Waals surface area contributed by atoms with Crippen LogP contribution < -0.4 is 14.0 Å². The Bertz CT molecular complexity index is 24.4. The Morgan fingerprint density at radius 1 is 0.889 bits per heavy atom. The SMILES string of the molecule is [Al+3].[O-][Cl+3]([O-])([O-])O.[OH-].[OH-].[OH-]. The van der Waals surface area contributed by atoms with Crippen LogP contribution in [0.4, 0.5) is 0 Å². The van der Waals surface area contributed by atoms with Gasteiger partial charge in [0.1, 0.15) is 0 Å². The second-order valence-corrected chi connectivity index (χ2v) is 1.19. The summed E-state index contributed by atoms with van der Waals surface area (Å²) in [7, 11) is -4.69. The molecule has 0 aliphatic rings. The maximum absolute atomic E-state index is 8.60. The summed E-state index contributed by atoms with van der Waals surface area (Å²) in [6.07, 6.45) is 0. The number of hydrogen-bond acceptors (Lipinski definition) is 7. The van der Waals surface area contributed by atoms with Crippen LogP contribution in [0.15, 0.2) is 0 Å². The van der Waals surface area contributed by atoms with Gasteiger partial charge < -0.3 is 16.4 Å². The molecular weight excluding hydrogens is 174 g/mol. The van der Waals surface area contributed by atoms with Crippen LogP contribution in [0.5, 0.6) is 0 Å². The first kappa shape index (κ1) is 33.7. The van der Waals surface area contributed by atoms with E-state index in [-0.39, 0.29) is 33.8 Å². The molecule has 0 amide bonds. The summed E-state index contributed by atoms with van der Waals surface area (Å²) in [6, 6.07) is 0. The zero-order valence-electron chi connectivity index (χ0n) is 3.97. The van der Waals surface area contributed by atoms with Gasteiger partial charge in [-0.05, 0) is 0 Å². The van der Waals surface area contributed by atoms with E-state index in [1.165, 1.54) is 0 Å². The molecule has 0 spiro atoms. The van der Waals surface area contributed by atoms with E-state index in [4.69, 9.17) is 18.6 Å². The fourth-order valence-electron chi connectivity index (χ4n) is 0. The number of rotatable bonds is 0. The zero-order valence-corrected chi connectivity index (χ0v) is 5.88. The first-order valence-corrected chi connectivity index (χ1v) is 1.90. The van der Waals surface area contributed by atoms with Crippen LogP contribution in [0.3, 0.4) is 0 Å². The monoisotopic (exact) mass is 178 g/mol. The molecule has 0 aromatic rings. The fraction of sp³-hybridized carbons (Fsp3) is 0. The Morgan fingerprint density at radius 3 is 0.889 bits per heavy atom. The Kier molecular flexibility index (Phi) is 42.6. The standard InChI is InChI=1S/Al.ClHO4.3H2O/c;2-1(3,4)5;;;/h;(H,2,3,4,5);3*1H2/q+3;;;;/p-3. The topological polar surface area (TPSA) is 179 Å². The predicted molar refractivity (Wildman–Crippen MR) is 13.8 cm³/mol. The largest absolute Gasteiger partial charge is 3.00 e. The van der Waals surface area contributed by atoms with Gasteiger partial charge in [-0.25, -0.2) is 0 Å². The predicted octanol–water partition coefficient (Wildman–Crippen LogP) is -5.04. The molecule has 0 fully saturated rings. The molecule has 0 rings (SSSR count). The molecule has 0 aliphatic carbocycles. The van der Waals surface area contributed by atoms with Crippen molar-refractivity contribution in [3.05, 3.63) is 0 Å². The second kappa shape index (κ2) is 11.4. The van der Waals surface area contributed by atoms with Gasteiger partial charge in [0.2, 0.25) is 0 Å². The minimum absolute atomic E-state index is 0. The molecule has 0 heterocycles. The van der Waals surface area contributed by atoms with Crippen molar-refractivity contribution in [2.24, 2.45) is 0 Å². The maximum atomic E-state index is 8.60. The van der Waals surface area contributed by atoms with Crippen LogP contribution in [0.1, 0.15) is 0 Å². The molecular formula is H4AlClO7. The molecule has 56 valence electrons. The van der Waals surface area contributed by atoms with Crippen molar-refractivity contribution in [1.29, 1.82) is 0 Å². The quantitative estimate of drug-likeness (QED) is 0.360. The van der Waals surface area contributed by atoms with Crippen molar-refractivity contribution in [2.45, 2.75) is 0 Å². The summed E-state index contributed by atoms with van der Waals surface area (Å²) >= 11 is 0. The molecule has 0 radical (unpaired) electrons. The molecule has 0 bridgehead atoms. The van der Waals surface area contributed by atoms with Crippen molar-refractivity contribution in [3.8, 4) is 0 Å². The average Bonchev–Trinajstić information content (AvgIpc) is 0.722. The van der Waals surface area contributed by atoms with E-state index >= 15 is 0 Å². The van der Waals surface area contributed by atoms with Gasteiger partial charge in [0.25, 0.3) is 0 Å². The van der Waals surface area contributed by atoms with Crippen molar-refractivity contribution in [3.63, 3.8) is 0 Å². The van der Waals surface area contributed by atoms with Gasteiger partial charge in [-0.2, -0.15) is 14.0 Å². The Morgan fingerprint density at radius 2 is 0.889 bits per heavy atom. The van der Waals surface area contributed by atoms with E-state index < -0.39 is 10.2 Å². The van der Waals surface area contributed by atoms with E-state index in [0.29, 0.717) is 0 Å². The molecule has 0 aliphatic heterocycles. The number of halogens is 1. The summed E-state index contributed by atoms with van der Waals surface area (Å²) < 4.78 is 32.7. The van der Waals surface area contributed by atoms with Gasteiger partial charge in [0.15, 0.2) is 0 Å². The molecule has 7 nitrogen and oxygen atoms in total. The maximum Gasteiger partial charge on any atom is 3.00 e. The van der Waals surface area contributed by atoms with Crippen molar-refractivity contribution < 1.29 is 45.3 Å². The van der Waals surface area contributed by atoms with Crippen LogP contribution in [-0.4, -0.2) is 38.4 Å². The van der Waals surface area contributed by atoms with Crippen LogP contribution >= 0.6 is 0 Å². The molecule has 0 aromatic heterocycles. The second-order valence-electron chi connectivity index (χ2n) is 0.396. The van der Waals surface area contributed by atoms with Gasteiger partial charge >= 0.3 is 17.4 Å². The van der Waals surface area contributed by atoms with Gasteiger partial charge in [-0.1, -0.05) is 0 Å².